The van der Waals surface area contributed by atoms with Gasteiger partial charge in [-0.2, -0.15) is 0 Å². The van der Waals surface area contributed by atoms with E-state index in [1.807, 2.05) is 12.1 Å². The lowest BCUT2D eigenvalue weighted by Crippen LogP contribution is -2.46. The molecular weight excluding hydrogens is 504 g/mol. The molecule has 2 bridgehead atoms. The molecule has 0 aromatic heterocycles. The lowest BCUT2D eigenvalue weighted by atomic mass is 9.70. The van der Waals surface area contributed by atoms with Gasteiger partial charge in [-0.05, 0) is 73.1 Å². The third-order valence-electron chi connectivity index (χ3n) is 8.22. The molecule has 2 aromatic rings. The molecule has 38 heavy (non-hydrogen) atoms. The Morgan fingerprint density at radius 2 is 2.00 bits per heavy atom. The molecule has 1 N–H and O–H groups in total. The van der Waals surface area contributed by atoms with Gasteiger partial charge in [-0.1, -0.05) is 35.9 Å². The van der Waals surface area contributed by atoms with Crippen molar-refractivity contribution in [2.75, 3.05) is 45.3 Å². The van der Waals surface area contributed by atoms with Crippen LogP contribution < -0.4 is 9.64 Å². The van der Waals surface area contributed by atoms with Gasteiger partial charge in [-0.15, -0.1) is 0 Å². The lowest BCUT2D eigenvalue weighted by Gasteiger charge is -2.41. The first-order valence-corrected chi connectivity index (χ1v) is 13.6. The molecule has 1 amide bonds. The molecule has 202 valence electrons. The predicted molar refractivity (Wildman–Crippen MR) is 147 cm³/mol. The van der Waals surface area contributed by atoms with Crippen LogP contribution in [0, 0.1) is 0 Å². The number of esters is 1. The van der Waals surface area contributed by atoms with E-state index in [1.54, 1.807) is 25.2 Å². The van der Waals surface area contributed by atoms with Crippen molar-refractivity contribution in [1.29, 1.82) is 0 Å². The van der Waals surface area contributed by atoms with Gasteiger partial charge >= 0.3 is 5.97 Å². The highest BCUT2D eigenvalue weighted by Gasteiger charge is 2.45. The standard InChI is InChI=1S/C30H35ClN2O5/c1-32-14-5-3-4-6-15-33-19-29(13-7-8-21-16-23(31)10-11-24(21)29)20-38-26-12-9-22(17-25(26)33)30(36,18-27(32)34)28(35)37-2/h3,5,9-12,16-17,36H,4,6-8,13-15,18-20H2,1-2H3/b5-3-/t29-,30-/m0/s1. The second-order valence-corrected chi connectivity index (χ2v) is 11.2. The van der Waals surface area contributed by atoms with Crippen molar-refractivity contribution in [3.63, 3.8) is 0 Å². The van der Waals surface area contributed by atoms with Gasteiger partial charge in [0.25, 0.3) is 0 Å². The monoisotopic (exact) mass is 538 g/mol. The third-order valence-corrected chi connectivity index (χ3v) is 8.45. The number of aliphatic hydroxyl groups is 1. The summed E-state index contributed by atoms with van der Waals surface area (Å²) in [6, 6.07) is 11.4. The molecule has 3 aliphatic rings. The molecule has 2 aromatic carbocycles. The normalized spacial score (nSPS) is 26.6. The summed E-state index contributed by atoms with van der Waals surface area (Å²) in [5.74, 6) is -0.512. The van der Waals surface area contributed by atoms with E-state index in [4.69, 9.17) is 21.1 Å². The van der Waals surface area contributed by atoms with Crippen LogP contribution in [0.15, 0.2) is 48.6 Å². The van der Waals surface area contributed by atoms with E-state index in [0.717, 1.165) is 55.9 Å². The predicted octanol–water partition coefficient (Wildman–Crippen LogP) is 4.37. The summed E-state index contributed by atoms with van der Waals surface area (Å²) < 4.78 is 11.5. The SMILES string of the molecule is COC(=O)[C@]1(O)CC(=O)N(C)C/C=C\CCCN2C[C@@]3(CCCc4cc(Cl)ccc43)COc3ccc1cc32. The number of halogens is 1. The minimum absolute atomic E-state index is 0.212. The van der Waals surface area contributed by atoms with Gasteiger partial charge < -0.3 is 24.4 Å². The number of allylic oxidation sites excluding steroid dienone is 1. The minimum atomic E-state index is -2.12. The van der Waals surface area contributed by atoms with E-state index >= 15 is 0 Å². The van der Waals surface area contributed by atoms with Crippen LogP contribution in [0.5, 0.6) is 5.75 Å². The number of hydrogen-bond acceptors (Lipinski definition) is 6. The molecule has 0 radical (unpaired) electrons. The molecule has 7 nitrogen and oxygen atoms in total. The smallest absolute Gasteiger partial charge is 0.343 e. The van der Waals surface area contributed by atoms with Crippen LogP contribution in [-0.2, 0) is 31.8 Å². The highest BCUT2D eigenvalue weighted by molar-refractivity contribution is 6.30. The number of nitrogens with zero attached hydrogens (tertiary/aromatic N) is 2. The van der Waals surface area contributed by atoms with Crippen LogP contribution >= 0.6 is 11.6 Å². The Balaban J connectivity index is 1.60. The maximum Gasteiger partial charge on any atom is 0.343 e. The Morgan fingerprint density at radius 3 is 2.82 bits per heavy atom. The Hall–Kier alpha value is -3.03. The van der Waals surface area contributed by atoms with Gasteiger partial charge in [-0.25, -0.2) is 4.79 Å². The van der Waals surface area contributed by atoms with Crippen molar-refractivity contribution < 1.29 is 24.2 Å². The van der Waals surface area contributed by atoms with Gasteiger partial charge in [0.1, 0.15) is 5.75 Å². The molecule has 2 atom stereocenters. The van der Waals surface area contributed by atoms with E-state index < -0.39 is 18.0 Å². The highest BCUT2D eigenvalue weighted by Crippen LogP contribution is 2.45. The molecule has 0 saturated carbocycles. The molecule has 2 heterocycles. The maximum atomic E-state index is 13.0. The number of methoxy groups -OCH3 is 1. The number of amides is 1. The van der Waals surface area contributed by atoms with Crippen molar-refractivity contribution >= 4 is 29.2 Å². The Bertz CT molecular complexity index is 1260. The van der Waals surface area contributed by atoms with Gasteiger partial charge in [0.2, 0.25) is 5.91 Å². The van der Waals surface area contributed by atoms with Crippen molar-refractivity contribution in [2.45, 2.75) is 49.5 Å². The van der Waals surface area contributed by atoms with Crippen LogP contribution in [0.1, 0.15) is 48.8 Å². The largest absolute Gasteiger partial charge is 0.490 e. The van der Waals surface area contributed by atoms with Gasteiger partial charge in [-0.3, -0.25) is 4.79 Å². The van der Waals surface area contributed by atoms with Gasteiger partial charge in [0.05, 0.1) is 25.8 Å². The van der Waals surface area contributed by atoms with Gasteiger partial charge in [0, 0.05) is 37.1 Å². The summed E-state index contributed by atoms with van der Waals surface area (Å²) >= 11 is 6.35. The number of aryl methyl sites for hydroxylation is 1. The fraction of sp³-hybridized carbons (Fsp3) is 0.467. The number of likely N-dealkylation sites (N-methyl/N-ethyl adjacent to an activating group) is 1. The molecule has 1 spiro atoms. The zero-order chi connectivity index (χ0) is 26.9. The number of carbonyl (C=O) groups is 2. The highest BCUT2D eigenvalue weighted by atomic mass is 35.5. The molecule has 0 fully saturated rings. The minimum Gasteiger partial charge on any atom is -0.490 e. The summed E-state index contributed by atoms with van der Waals surface area (Å²) in [5, 5.41) is 12.4. The second-order valence-electron chi connectivity index (χ2n) is 10.7. The third kappa shape index (κ3) is 4.90. The molecule has 0 saturated heterocycles. The van der Waals surface area contributed by atoms with Crippen molar-refractivity contribution in [3.8, 4) is 5.75 Å². The average molecular weight is 539 g/mol. The van der Waals surface area contributed by atoms with Crippen LogP contribution in [0.25, 0.3) is 0 Å². The average Bonchev–Trinajstić information content (AvgIpc) is 3.06. The van der Waals surface area contributed by atoms with E-state index in [9.17, 15) is 14.7 Å². The van der Waals surface area contributed by atoms with Crippen LogP contribution in [-0.4, -0.2) is 62.3 Å². The molecule has 5 rings (SSSR count). The summed E-state index contributed by atoms with van der Waals surface area (Å²) in [5.41, 5.74) is 1.34. The van der Waals surface area contributed by atoms with Crippen molar-refractivity contribution in [3.05, 3.63) is 70.3 Å². The Morgan fingerprint density at radius 1 is 1.16 bits per heavy atom. The van der Waals surface area contributed by atoms with Crippen LogP contribution in [0.2, 0.25) is 5.02 Å². The first-order valence-electron chi connectivity index (χ1n) is 13.3. The zero-order valence-corrected chi connectivity index (χ0v) is 22.8. The van der Waals surface area contributed by atoms with Gasteiger partial charge in [0.15, 0.2) is 5.60 Å². The number of benzene rings is 2. The van der Waals surface area contributed by atoms with E-state index in [1.165, 1.54) is 23.1 Å². The summed E-state index contributed by atoms with van der Waals surface area (Å²) in [6.07, 6.45) is 8.44. The molecule has 2 aliphatic heterocycles. The van der Waals surface area contributed by atoms with Crippen molar-refractivity contribution in [2.24, 2.45) is 0 Å². The zero-order valence-electron chi connectivity index (χ0n) is 22.0. The number of ether oxygens (including phenoxy) is 2. The van der Waals surface area contributed by atoms with Crippen LogP contribution in [0.3, 0.4) is 0 Å². The number of fused-ring (bicyclic) bond motifs is 3. The second kappa shape index (κ2) is 10.6. The van der Waals surface area contributed by atoms with Crippen LogP contribution in [0.4, 0.5) is 5.69 Å². The first-order chi connectivity index (χ1) is 18.3. The van der Waals surface area contributed by atoms with E-state index in [2.05, 4.69) is 23.1 Å². The van der Waals surface area contributed by atoms with E-state index in [-0.39, 0.29) is 11.3 Å². The fourth-order valence-corrected chi connectivity index (χ4v) is 6.27. The number of anilines is 1. The lowest BCUT2D eigenvalue weighted by molar-refractivity contribution is -0.167. The molecule has 0 unspecified atom stereocenters. The fourth-order valence-electron chi connectivity index (χ4n) is 6.07. The summed E-state index contributed by atoms with van der Waals surface area (Å²) in [6.45, 7) is 2.44. The first kappa shape index (κ1) is 26.6. The Kier molecular flexibility index (Phi) is 7.43. The van der Waals surface area contributed by atoms with Crippen molar-refractivity contribution in [1.82, 2.24) is 4.90 Å². The Labute approximate surface area is 229 Å². The summed E-state index contributed by atoms with van der Waals surface area (Å²) in [7, 11) is 2.88. The topological polar surface area (TPSA) is 79.3 Å². The number of carbonyl (C=O) groups excluding carboxylic acids is 2. The molecule has 8 heteroatoms. The molecule has 1 aliphatic carbocycles. The molecular formula is C30H35ClN2O5. The number of rotatable bonds is 1. The number of hydrogen-bond donors (Lipinski definition) is 1. The maximum absolute atomic E-state index is 13.0. The van der Waals surface area contributed by atoms with E-state index in [0.29, 0.717) is 24.5 Å². The quantitative estimate of drug-likeness (QED) is 0.429. The summed E-state index contributed by atoms with van der Waals surface area (Å²) in [4.78, 5) is 29.7.